The van der Waals surface area contributed by atoms with Crippen molar-refractivity contribution in [3.05, 3.63) is 66.6 Å². The maximum Gasteiger partial charge on any atom is 0.283 e. The SMILES string of the molecule is C=C(/C(F)=C\C=C(/C)NC(=O)c1cnc(-n2cncn2)cn1)[C@@]1(CF)N=C(N)O[C@@H]2C[C@@H](C)OC[C@@H]21. The van der Waals surface area contributed by atoms with Gasteiger partial charge in [-0.3, -0.25) is 4.79 Å². The maximum atomic E-state index is 15.2. The first-order valence-electron chi connectivity index (χ1n) is 11.1. The number of hydrogen-bond acceptors (Lipinski definition) is 9. The molecule has 2 aliphatic rings. The highest BCUT2D eigenvalue weighted by Gasteiger charge is 2.53. The third kappa shape index (κ3) is 5.00. The number of alkyl halides is 1. The zero-order chi connectivity index (χ0) is 25.9. The highest BCUT2D eigenvalue weighted by Crippen LogP contribution is 2.43. The van der Waals surface area contributed by atoms with E-state index < -0.39 is 36.0 Å². The first kappa shape index (κ1) is 25.1. The predicted molar refractivity (Wildman–Crippen MR) is 125 cm³/mol. The molecule has 3 N–H and O–H groups in total. The molecule has 0 aliphatic carbocycles. The van der Waals surface area contributed by atoms with Crippen LogP contribution in [0.1, 0.15) is 30.8 Å². The first-order valence-corrected chi connectivity index (χ1v) is 11.1. The topological polar surface area (TPSA) is 142 Å². The van der Waals surface area contributed by atoms with Gasteiger partial charge in [0.1, 0.15) is 42.5 Å². The summed E-state index contributed by atoms with van der Waals surface area (Å²) in [7, 11) is 0. The van der Waals surface area contributed by atoms with Gasteiger partial charge in [0, 0.05) is 17.7 Å². The Kier molecular flexibility index (Phi) is 7.20. The molecule has 36 heavy (non-hydrogen) atoms. The van der Waals surface area contributed by atoms with Crippen LogP contribution >= 0.6 is 0 Å². The summed E-state index contributed by atoms with van der Waals surface area (Å²) in [6, 6.07) is -0.216. The van der Waals surface area contributed by atoms with Crippen LogP contribution in [-0.2, 0) is 9.47 Å². The summed E-state index contributed by atoms with van der Waals surface area (Å²) in [6.45, 7) is 6.30. The number of nitrogens with one attached hydrogen (secondary N) is 1. The number of aliphatic imine (C=N–C) groups is 1. The van der Waals surface area contributed by atoms with E-state index in [9.17, 15) is 9.18 Å². The Hall–Kier alpha value is -4.00. The Balaban J connectivity index is 1.46. The number of ether oxygens (including phenoxy) is 2. The Bertz CT molecular complexity index is 1210. The van der Waals surface area contributed by atoms with Crippen molar-refractivity contribution < 1.29 is 23.0 Å². The van der Waals surface area contributed by atoms with Gasteiger partial charge in [-0.05, 0) is 26.0 Å². The Morgan fingerprint density at radius 1 is 1.39 bits per heavy atom. The first-order chi connectivity index (χ1) is 17.2. The number of allylic oxidation sites excluding steroid dienone is 3. The van der Waals surface area contributed by atoms with Gasteiger partial charge in [-0.1, -0.05) is 6.58 Å². The van der Waals surface area contributed by atoms with Crippen molar-refractivity contribution in [2.24, 2.45) is 16.6 Å². The van der Waals surface area contributed by atoms with Crippen LogP contribution in [0, 0.1) is 5.92 Å². The molecule has 1 fully saturated rings. The Morgan fingerprint density at radius 3 is 2.86 bits per heavy atom. The van der Waals surface area contributed by atoms with Crippen LogP contribution in [0.5, 0.6) is 0 Å². The summed E-state index contributed by atoms with van der Waals surface area (Å²) in [4.78, 5) is 28.6. The minimum atomic E-state index is -1.65. The van der Waals surface area contributed by atoms with E-state index in [2.05, 4.69) is 36.9 Å². The van der Waals surface area contributed by atoms with Gasteiger partial charge < -0.3 is 20.5 Å². The van der Waals surface area contributed by atoms with Crippen molar-refractivity contribution in [2.45, 2.75) is 38.0 Å². The van der Waals surface area contributed by atoms with E-state index in [1.54, 1.807) is 6.92 Å². The van der Waals surface area contributed by atoms with Crippen molar-refractivity contribution in [3.8, 4) is 5.82 Å². The normalized spacial score (nSPS) is 26.4. The standard InChI is InChI=1S/C23H26F2N8O3/c1-13(31-21(34)18-7-29-20(8-28-18)33-12-27-11-30-33)4-5-17(25)15(3)23(10-24)16-9-35-14(2)6-19(16)36-22(26)32-23/h4-5,7-8,11-12,14,16,19H,3,6,9-10H2,1-2H3,(H2,26,32)(H,31,34)/b13-4+,17-5+/t14-,16+,19-,23-/m1/s1. The lowest BCUT2D eigenvalue weighted by atomic mass is 9.73. The van der Waals surface area contributed by atoms with Gasteiger partial charge in [0.25, 0.3) is 11.9 Å². The maximum absolute atomic E-state index is 15.2. The van der Waals surface area contributed by atoms with Crippen LogP contribution < -0.4 is 11.1 Å². The molecule has 0 aromatic carbocycles. The lowest BCUT2D eigenvalue weighted by Crippen LogP contribution is -2.57. The average Bonchev–Trinajstić information content (AvgIpc) is 3.41. The number of aromatic nitrogens is 5. The van der Waals surface area contributed by atoms with Gasteiger partial charge in [0.05, 0.1) is 31.0 Å². The molecule has 11 nitrogen and oxygen atoms in total. The van der Waals surface area contributed by atoms with Gasteiger partial charge in [0.15, 0.2) is 5.82 Å². The molecule has 1 amide bonds. The molecule has 0 radical (unpaired) electrons. The lowest BCUT2D eigenvalue weighted by molar-refractivity contribution is -0.100. The van der Waals surface area contributed by atoms with E-state index in [0.717, 1.165) is 6.08 Å². The fourth-order valence-corrected chi connectivity index (χ4v) is 4.15. The number of nitrogens with zero attached hydrogens (tertiary/aromatic N) is 6. The van der Waals surface area contributed by atoms with Crippen molar-refractivity contribution in [1.82, 2.24) is 30.0 Å². The lowest BCUT2D eigenvalue weighted by Gasteiger charge is -2.47. The van der Waals surface area contributed by atoms with Gasteiger partial charge in [-0.25, -0.2) is 33.4 Å². The van der Waals surface area contributed by atoms with Crippen molar-refractivity contribution in [3.63, 3.8) is 0 Å². The predicted octanol–water partition coefficient (Wildman–Crippen LogP) is 1.95. The fraction of sp³-hybridized carbons (Fsp3) is 0.391. The van der Waals surface area contributed by atoms with Gasteiger partial charge in [-0.15, -0.1) is 0 Å². The van der Waals surface area contributed by atoms with Gasteiger partial charge >= 0.3 is 0 Å². The zero-order valence-electron chi connectivity index (χ0n) is 19.8. The van der Waals surface area contributed by atoms with E-state index in [0.29, 0.717) is 17.9 Å². The molecule has 2 aliphatic heterocycles. The van der Waals surface area contributed by atoms with E-state index in [4.69, 9.17) is 15.2 Å². The molecule has 2 aromatic rings. The molecule has 2 aromatic heterocycles. The second-order valence-corrected chi connectivity index (χ2v) is 8.55. The number of fused-ring (bicyclic) bond motifs is 1. The summed E-state index contributed by atoms with van der Waals surface area (Å²) >= 11 is 0. The minimum absolute atomic E-state index is 0.0430. The molecule has 0 spiro atoms. The number of hydrogen-bond donors (Lipinski definition) is 2. The second-order valence-electron chi connectivity index (χ2n) is 8.55. The summed E-state index contributed by atoms with van der Waals surface area (Å²) in [5, 5.41) is 6.52. The molecular formula is C23H26F2N8O3. The van der Waals surface area contributed by atoms with Crippen molar-refractivity contribution >= 4 is 11.9 Å². The number of halogens is 2. The molecule has 4 atom stereocenters. The molecule has 0 bridgehead atoms. The highest BCUT2D eigenvalue weighted by molar-refractivity contribution is 5.93. The number of carbonyl (C=O) groups excluding carboxylic acids is 1. The van der Waals surface area contributed by atoms with Crippen molar-refractivity contribution in [2.75, 3.05) is 13.3 Å². The van der Waals surface area contributed by atoms with Crippen LogP contribution in [0.25, 0.3) is 5.82 Å². The molecule has 4 rings (SSSR count). The molecular weight excluding hydrogens is 474 g/mol. The molecule has 13 heteroatoms. The molecule has 190 valence electrons. The van der Waals surface area contributed by atoms with E-state index in [-0.39, 0.29) is 30.0 Å². The molecule has 0 unspecified atom stereocenters. The third-order valence-electron chi connectivity index (χ3n) is 6.10. The minimum Gasteiger partial charge on any atom is -0.462 e. The average molecular weight is 501 g/mol. The quantitative estimate of drug-likeness (QED) is 0.550. The summed E-state index contributed by atoms with van der Waals surface area (Å²) < 4.78 is 42.3. The number of rotatable bonds is 7. The van der Waals surface area contributed by atoms with Crippen LogP contribution in [-0.4, -0.2) is 67.7 Å². The van der Waals surface area contributed by atoms with E-state index >= 15 is 4.39 Å². The molecule has 1 saturated heterocycles. The van der Waals surface area contributed by atoms with E-state index in [1.807, 2.05) is 6.92 Å². The van der Waals surface area contributed by atoms with Crippen LogP contribution in [0.2, 0.25) is 0 Å². The van der Waals surface area contributed by atoms with Crippen LogP contribution in [0.4, 0.5) is 8.78 Å². The van der Waals surface area contributed by atoms with Crippen LogP contribution in [0.15, 0.2) is 65.9 Å². The van der Waals surface area contributed by atoms with Gasteiger partial charge in [0.2, 0.25) is 0 Å². The smallest absolute Gasteiger partial charge is 0.283 e. The second kappa shape index (κ2) is 10.3. The number of nitrogens with two attached hydrogens (primary N) is 1. The number of carbonyl (C=O) groups is 1. The van der Waals surface area contributed by atoms with E-state index in [1.165, 1.54) is 35.8 Å². The third-order valence-corrected chi connectivity index (χ3v) is 6.10. The Morgan fingerprint density at radius 2 is 2.19 bits per heavy atom. The fourth-order valence-electron chi connectivity index (χ4n) is 4.15. The number of amidine groups is 1. The Labute approximate surface area is 205 Å². The summed E-state index contributed by atoms with van der Waals surface area (Å²) in [5.41, 5.74) is 4.32. The number of amides is 1. The van der Waals surface area contributed by atoms with Crippen molar-refractivity contribution in [1.29, 1.82) is 0 Å². The summed E-state index contributed by atoms with van der Waals surface area (Å²) in [6.07, 6.45) is 7.72. The molecule has 4 heterocycles. The zero-order valence-corrected chi connectivity index (χ0v) is 19.8. The monoisotopic (exact) mass is 500 g/mol. The summed E-state index contributed by atoms with van der Waals surface area (Å²) in [5.74, 6) is -1.57. The molecule has 0 saturated carbocycles. The van der Waals surface area contributed by atoms with Gasteiger partial charge in [-0.2, -0.15) is 5.10 Å². The highest BCUT2D eigenvalue weighted by atomic mass is 19.1. The van der Waals surface area contributed by atoms with Crippen LogP contribution in [0.3, 0.4) is 0 Å². The largest absolute Gasteiger partial charge is 0.462 e.